The molecular weight excluding hydrogens is 518 g/mol. The lowest BCUT2D eigenvalue weighted by Gasteiger charge is -2.67. The summed E-state index contributed by atoms with van der Waals surface area (Å²) in [5, 5.41) is 3.40. The molecule has 1 amide bonds. The molecule has 1 N–H and O–H groups in total. The summed E-state index contributed by atoms with van der Waals surface area (Å²) in [4.78, 5) is 23.4. The van der Waals surface area contributed by atoms with Crippen LogP contribution in [-0.4, -0.2) is 19.0 Å². The van der Waals surface area contributed by atoms with Crippen molar-refractivity contribution in [1.29, 1.82) is 0 Å². The van der Waals surface area contributed by atoms with Gasteiger partial charge in [-0.05, 0) is 117 Å². The number of hydrogen-bond donors (Lipinski definition) is 1. The third-order valence-corrected chi connectivity index (χ3v) is 12.9. The summed E-state index contributed by atoms with van der Waals surface area (Å²) >= 11 is 0. The van der Waals surface area contributed by atoms with Gasteiger partial charge in [-0.3, -0.25) is 9.59 Å². The van der Waals surface area contributed by atoms with Crippen molar-refractivity contribution in [2.75, 3.05) is 7.11 Å². The molecule has 5 fully saturated rings. The number of fused-ring (bicyclic) bond motifs is 7. The molecule has 42 heavy (non-hydrogen) atoms. The van der Waals surface area contributed by atoms with Crippen LogP contribution in [0.4, 0.5) is 0 Å². The van der Waals surface area contributed by atoms with Crippen LogP contribution in [0.25, 0.3) is 0 Å². The highest BCUT2D eigenvalue weighted by Gasteiger charge is 2.65. The monoisotopic (exact) mass is 577 g/mol. The van der Waals surface area contributed by atoms with Crippen LogP contribution in [0.5, 0.6) is 0 Å². The average molecular weight is 578 g/mol. The molecule has 5 aliphatic carbocycles. The van der Waals surface area contributed by atoms with E-state index in [9.17, 15) is 9.59 Å². The standard InChI is InChI=1S/C32H47NO.C3H6O2.C3H6/c1-22-9-7-17-30(2)25(22)15-19-31(3)26-16-20-32(29(34)33-21-23-10-5-4-6-11-23)18-8-12-27(32)24(26)13-14-28(30)31;1-3(4)5-2;1-3-2/h4-6,10-11,22,24-28H,7-9,12-21H2,1-3H3,(H,33,34);1-2H3;3H,1H2,2H3. The van der Waals surface area contributed by atoms with Gasteiger partial charge in [0.1, 0.15) is 0 Å². The van der Waals surface area contributed by atoms with Gasteiger partial charge in [-0.15, -0.1) is 6.58 Å². The zero-order chi connectivity index (χ0) is 30.5. The van der Waals surface area contributed by atoms with E-state index in [0.29, 0.717) is 29.2 Å². The van der Waals surface area contributed by atoms with E-state index in [2.05, 4.69) is 67.7 Å². The topological polar surface area (TPSA) is 55.4 Å². The molecule has 0 heterocycles. The molecule has 0 spiro atoms. The number of methoxy groups -OCH3 is 1. The molecule has 5 saturated carbocycles. The molecular formula is C38H59NO3. The van der Waals surface area contributed by atoms with Crippen molar-refractivity contribution < 1.29 is 14.3 Å². The van der Waals surface area contributed by atoms with E-state index in [1.54, 1.807) is 6.08 Å². The first kappa shape index (κ1) is 32.8. The van der Waals surface area contributed by atoms with Gasteiger partial charge in [0.05, 0.1) is 12.5 Å². The molecule has 5 aliphatic rings. The Balaban J connectivity index is 0.000000453. The number of carbonyl (C=O) groups is 2. The molecule has 0 aromatic heterocycles. The van der Waals surface area contributed by atoms with Crippen molar-refractivity contribution in [3.63, 3.8) is 0 Å². The van der Waals surface area contributed by atoms with Crippen molar-refractivity contribution in [3.8, 4) is 0 Å². The molecule has 0 aliphatic heterocycles. The minimum Gasteiger partial charge on any atom is -0.469 e. The van der Waals surface area contributed by atoms with Crippen LogP contribution in [-0.2, 0) is 20.9 Å². The van der Waals surface area contributed by atoms with Crippen molar-refractivity contribution in [2.45, 2.75) is 118 Å². The van der Waals surface area contributed by atoms with Crippen LogP contribution < -0.4 is 5.32 Å². The number of nitrogens with one attached hydrogen (secondary N) is 1. The molecule has 9 atom stereocenters. The summed E-state index contributed by atoms with van der Waals surface area (Å²) in [5.74, 6) is 5.16. The van der Waals surface area contributed by atoms with Crippen LogP contribution in [0.2, 0.25) is 0 Å². The molecule has 9 unspecified atom stereocenters. The van der Waals surface area contributed by atoms with Gasteiger partial charge in [-0.25, -0.2) is 0 Å². The SMILES string of the molecule is C=CC.CC1CCCC2(C)C1CCC1(C)C3CCC4(C(=O)NCc5ccccc5)CCCC4C3CCC21.COC(C)=O. The highest BCUT2D eigenvalue weighted by molar-refractivity contribution is 5.83. The molecule has 4 nitrogen and oxygen atoms in total. The molecule has 6 rings (SSSR count). The van der Waals surface area contributed by atoms with Crippen LogP contribution in [0, 0.1) is 51.8 Å². The lowest BCUT2D eigenvalue weighted by Crippen LogP contribution is -2.61. The van der Waals surface area contributed by atoms with Crippen LogP contribution in [0.15, 0.2) is 43.0 Å². The van der Waals surface area contributed by atoms with E-state index in [4.69, 9.17) is 0 Å². The summed E-state index contributed by atoms with van der Waals surface area (Å²) in [6.45, 7) is 15.3. The van der Waals surface area contributed by atoms with Gasteiger partial charge < -0.3 is 10.1 Å². The lowest BCUT2D eigenvalue weighted by molar-refractivity contribution is -0.185. The van der Waals surface area contributed by atoms with Gasteiger partial charge in [-0.1, -0.05) is 76.4 Å². The Bertz CT molecular complexity index is 1070. The van der Waals surface area contributed by atoms with Crippen LogP contribution in [0.3, 0.4) is 0 Å². The number of amides is 1. The zero-order valence-electron chi connectivity index (χ0n) is 27.6. The maximum atomic E-state index is 13.8. The van der Waals surface area contributed by atoms with Gasteiger partial charge >= 0.3 is 5.97 Å². The zero-order valence-corrected chi connectivity index (χ0v) is 27.6. The Labute approximate surface area is 256 Å². The minimum atomic E-state index is -0.245. The van der Waals surface area contributed by atoms with E-state index in [1.165, 1.54) is 83.8 Å². The molecule has 0 radical (unpaired) electrons. The number of hydrogen-bond acceptors (Lipinski definition) is 3. The Morgan fingerprint density at radius 2 is 1.52 bits per heavy atom. The second kappa shape index (κ2) is 13.7. The number of allylic oxidation sites excluding steroid dienone is 1. The number of esters is 1. The third kappa shape index (κ3) is 6.11. The highest BCUT2D eigenvalue weighted by Crippen LogP contribution is 2.71. The predicted molar refractivity (Wildman–Crippen MR) is 173 cm³/mol. The summed E-state index contributed by atoms with van der Waals surface area (Å²) in [7, 11) is 1.35. The number of carbonyl (C=O) groups excluding carboxylic acids is 2. The van der Waals surface area contributed by atoms with Crippen molar-refractivity contribution in [3.05, 3.63) is 48.6 Å². The Morgan fingerprint density at radius 1 is 0.905 bits per heavy atom. The highest BCUT2D eigenvalue weighted by atomic mass is 16.5. The summed E-state index contributed by atoms with van der Waals surface area (Å²) in [5.41, 5.74) is 2.20. The molecule has 0 saturated heterocycles. The van der Waals surface area contributed by atoms with Gasteiger partial charge in [0.15, 0.2) is 0 Å². The van der Waals surface area contributed by atoms with E-state index in [1.807, 2.05) is 6.92 Å². The summed E-state index contributed by atoms with van der Waals surface area (Å²) < 4.78 is 4.11. The quantitative estimate of drug-likeness (QED) is 0.288. The first-order chi connectivity index (χ1) is 20.1. The fourth-order valence-electron chi connectivity index (χ4n) is 11.3. The van der Waals surface area contributed by atoms with Crippen molar-refractivity contribution in [2.24, 2.45) is 51.8 Å². The largest absolute Gasteiger partial charge is 0.469 e. The van der Waals surface area contributed by atoms with Crippen molar-refractivity contribution in [1.82, 2.24) is 5.32 Å². The molecule has 0 bridgehead atoms. The van der Waals surface area contributed by atoms with E-state index in [0.717, 1.165) is 42.4 Å². The number of benzene rings is 1. The summed E-state index contributed by atoms with van der Waals surface area (Å²) in [6.07, 6.45) is 17.9. The van der Waals surface area contributed by atoms with E-state index < -0.39 is 0 Å². The van der Waals surface area contributed by atoms with Crippen LogP contribution >= 0.6 is 0 Å². The van der Waals surface area contributed by atoms with Gasteiger partial charge in [0.25, 0.3) is 0 Å². The average Bonchev–Trinajstić information content (AvgIpc) is 3.43. The first-order valence-corrected chi connectivity index (χ1v) is 17.0. The second-order valence-corrected chi connectivity index (χ2v) is 14.9. The maximum absolute atomic E-state index is 13.8. The number of rotatable bonds is 3. The first-order valence-electron chi connectivity index (χ1n) is 17.0. The maximum Gasteiger partial charge on any atom is 0.302 e. The normalized spacial score (nSPS) is 39.7. The molecule has 1 aromatic rings. The van der Waals surface area contributed by atoms with Crippen molar-refractivity contribution >= 4 is 11.9 Å². The van der Waals surface area contributed by atoms with Gasteiger partial charge in [-0.2, -0.15) is 0 Å². The molecule has 1 aromatic carbocycles. The molecule has 4 heteroatoms. The Hall–Kier alpha value is -2.10. The van der Waals surface area contributed by atoms with E-state index in [-0.39, 0.29) is 11.4 Å². The Kier molecular flexibility index (Phi) is 10.7. The van der Waals surface area contributed by atoms with E-state index >= 15 is 0 Å². The minimum absolute atomic E-state index is 0.0837. The second-order valence-electron chi connectivity index (χ2n) is 14.9. The molecule has 234 valence electrons. The smallest absolute Gasteiger partial charge is 0.302 e. The summed E-state index contributed by atoms with van der Waals surface area (Å²) in [6, 6.07) is 10.5. The van der Waals surface area contributed by atoms with Gasteiger partial charge in [0, 0.05) is 13.5 Å². The number of ether oxygens (including phenoxy) is 1. The van der Waals surface area contributed by atoms with Crippen LogP contribution in [0.1, 0.15) is 117 Å². The van der Waals surface area contributed by atoms with Gasteiger partial charge in [0.2, 0.25) is 5.91 Å². The predicted octanol–water partition coefficient (Wildman–Crippen LogP) is 9.14. The lowest BCUT2D eigenvalue weighted by atomic mass is 9.38. The fourth-order valence-corrected chi connectivity index (χ4v) is 11.3. The third-order valence-electron chi connectivity index (χ3n) is 12.9. The Morgan fingerprint density at radius 3 is 2.19 bits per heavy atom. The fraction of sp³-hybridized carbons (Fsp3) is 0.737.